The second kappa shape index (κ2) is 21.7. The van der Waals surface area contributed by atoms with Crippen LogP contribution in [0.15, 0.2) is 159 Å². The normalized spacial score (nSPS) is 15.1. The van der Waals surface area contributed by atoms with Crippen LogP contribution >= 0.6 is 0 Å². The van der Waals surface area contributed by atoms with Gasteiger partial charge in [0.15, 0.2) is 0 Å². The molecule has 444 valence electrons. The molecule has 6 aromatic carbocycles. The third kappa shape index (κ3) is 9.65. The van der Waals surface area contributed by atoms with Gasteiger partial charge in [-0.3, -0.25) is 0 Å². The molecule has 4 aromatic heterocycles. The molecule has 0 spiro atoms. The van der Waals surface area contributed by atoms with Gasteiger partial charge in [0.05, 0.1) is 10.8 Å². The van der Waals surface area contributed by atoms with Crippen molar-refractivity contribution < 1.29 is 42.1 Å². The first kappa shape index (κ1) is 60.2. The summed E-state index contributed by atoms with van der Waals surface area (Å²) in [7, 11) is 3.98. The molecule has 14 heteroatoms. The van der Waals surface area contributed by atoms with Crippen molar-refractivity contribution in [3.63, 3.8) is 0 Å². The molecule has 0 fully saturated rings. The van der Waals surface area contributed by atoms with Crippen molar-refractivity contribution in [2.24, 2.45) is 0 Å². The van der Waals surface area contributed by atoms with Gasteiger partial charge < -0.3 is 40.0 Å². The monoisotopic (exact) mass is 1490 g/mol. The molecule has 0 radical (unpaired) electrons. The van der Waals surface area contributed by atoms with Gasteiger partial charge in [0, 0.05) is 78.3 Å². The smallest absolute Gasteiger partial charge is 0.143 e. The van der Waals surface area contributed by atoms with Gasteiger partial charge in [-0.2, -0.15) is 60.9 Å². The average Bonchev–Trinajstić information content (AvgIpc) is 1.56. The Bertz CT molecular complexity index is 3770. The van der Waals surface area contributed by atoms with Gasteiger partial charge in [-0.1, -0.05) is 168 Å². The van der Waals surface area contributed by atoms with E-state index in [9.17, 15) is 0 Å². The molecule has 6 heterocycles. The van der Waals surface area contributed by atoms with Crippen LogP contribution in [0.1, 0.15) is 150 Å². The van der Waals surface area contributed by atoms with Crippen LogP contribution in [0.4, 0.5) is 34.6 Å². The van der Waals surface area contributed by atoms with E-state index < -0.39 is 10.8 Å². The van der Waals surface area contributed by atoms with Crippen LogP contribution in [0.2, 0.25) is 0 Å². The summed E-state index contributed by atoms with van der Waals surface area (Å²) in [6, 6.07) is 52.4. The van der Waals surface area contributed by atoms with E-state index in [1.165, 1.54) is 66.8 Å². The Morgan fingerprint density at radius 1 is 0.395 bits per heavy atom. The van der Waals surface area contributed by atoms with Gasteiger partial charge in [0.2, 0.25) is 0 Å². The van der Waals surface area contributed by atoms with Crippen molar-refractivity contribution in [2.75, 3.05) is 33.7 Å². The van der Waals surface area contributed by atoms with Gasteiger partial charge in [0.1, 0.15) is 23.3 Å². The van der Waals surface area contributed by atoms with E-state index in [1.54, 1.807) is 37.2 Å². The van der Waals surface area contributed by atoms with E-state index >= 15 is 0 Å². The topological polar surface area (TPSA) is 119 Å². The Labute approximate surface area is 535 Å². The molecule has 10 aromatic rings. The summed E-state index contributed by atoms with van der Waals surface area (Å²) in [6.07, 6.45) is 10.5. The Hall–Kier alpha value is -7.52. The number of nitrogens with zero attached hydrogens (tertiary/aromatic N) is 12. The fraction of sp³-hybridized carbons (Fsp3) is 0.278. The molecular formula is C72H70N12Pt2-6. The largest absolute Gasteiger partial charge is 0.581 e. The quantitative estimate of drug-likeness (QED) is 0.148. The van der Waals surface area contributed by atoms with Crippen molar-refractivity contribution in [1.82, 2.24) is 40.3 Å². The van der Waals surface area contributed by atoms with E-state index in [1.807, 2.05) is 37.2 Å². The Kier molecular flexibility index (Phi) is 15.2. The second-order valence-corrected chi connectivity index (χ2v) is 26.9. The molecule has 2 aliphatic heterocycles. The first-order valence-electron chi connectivity index (χ1n) is 28.9. The zero-order valence-corrected chi connectivity index (χ0v) is 55.7. The van der Waals surface area contributed by atoms with Crippen LogP contribution in [0.5, 0.6) is 0 Å². The number of benzene rings is 6. The predicted octanol–water partition coefficient (Wildman–Crippen LogP) is 14.6. The Morgan fingerprint density at radius 3 is 0.977 bits per heavy atom. The molecule has 0 unspecified atom stereocenters. The number of hydrogen-bond acceptors (Lipinski definition) is 10. The van der Waals surface area contributed by atoms with Crippen LogP contribution in [0, 0.1) is 25.5 Å². The van der Waals surface area contributed by atoms with Crippen LogP contribution in [0.25, 0.3) is 22.3 Å². The van der Waals surface area contributed by atoms with Gasteiger partial charge in [-0.05, 0) is 103 Å². The summed E-state index contributed by atoms with van der Waals surface area (Å²) in [6.45, 7) is 31.2. The fourth-order valence-corrected chi connectivity index (χ4v) is 12.8. The fourth-order valence-electron chi connectivity index (χ4n) is 12.8. The van der Waals surface area contributed by atoms with Gasteiger partial charge >= 0.3 is 0 Å². The summed E-state index contributed by atoms with van der Waals surface area (Å²) >= 11 is 0. The maximum absolute atomic E-state index is 4.78. The minimum Gasteiger partial charge on any atom is -0.581 e. The van der Waals surface area contributed by atoms with Crippen LogP contribution in [-0.2, 0) is 74.6 Å². The summed E-state index contributed by atoms with van der Waals surface area (Å²) in [4.78, 5) is 26.5. The van der Waals surface area contributed by atoms with Crippen molar-refractivity contribution in [2.45, 2.75) is 116 Å². The third-order valence-corrected chi connectivity index (χ3v) is 17.3. The molecule has 12 nitrogen and oxygen atoms in total. The van der Waals surface area contributed by atoms with E-state index in [-0.39, 0.29) is 63.8 Å². The summed E-state index contributed by atoms with van der Waals surface area (Å²) in [5, 5.41) is 18.3. The molecule has 0 atom stereocenters. The SMILES string of the molecule is CN1[CH-]N(c2[c-]c(C3(c4cc[n-]n4)c4cc(C(C)(C)C)ccc4-c4ccc(C(C)(C)C)cc43)ccc2)c2nccnc21.CN1[CH-]N(c2[c-]c(C3(c4cc[n-]n4)c4cc(C(C)(C)C)ccc4-c4ccc(C(C)(C)C)cc43)ccc2)c2nccnc21.[Pt].[Pt]. The molecule has 0 amide bonds. The molecule has 0 bridgehead atoms. The van der Waals surface area contributed by atoms with E-state index in [4.69, 9.17) is 10.2 Å². The first-order chi connectivity index (χ1) is 40.0. The number of anilines is 6. The first-order valence-corrected chi connectivity index (χ1v) is 28.9. The molecule has 0 N–H and O–H groups in total. The molecule has 0 saturated heterocycles. The Morgan fingerprint density at radius 2 is 0.698 bits per heavy atom. The number of hydrogen-bond donors (Lipinski definition) is 0. The molecular weight excluding hydrogens is 1420 g/mol. The summed E-state index contributed by atoms with van der Waals surface area (Å²) in [5.41, 5.74) is 19.0. The van der Waals surface area contributed by atoms with Crippen molar-refractivity contribution >= 4 is 34.6 Å². The molecule has 2 aliphatic carbocycles. The molecule has 86 heavy (non-hydrogen) atoms. The van der Waals surface area contributed by atoms with Crippen molar-refractivity contribution in [3.8, 4) is 22.3 Å². The number of rotatable bonds is 6. The second-order valence-electron chi connectivity index (χ2n) is 26.9. The molecule has 0 saturated carbocycles. The standard InChI is InChI=1S/2C36H35N6.2Pt/c2*1-34(2,3)23-11-13-27-28-14-12-24(35(4,5)6)21-30(28)36(29(27)20-23,31-15-16-39-40-31)25-9-8-10-26(19-25)42-22-41(7)32-33(42)38-18-17-37-32;;/h2*8-18,20-22H,1-7H3;;/q2*-3;;. The van der Waals surface area contributed by atoms with Gasteiger partial charge in [0.25, 0.3) is 0 Å². The molecule has 4 aliphatic rings. The summed E-state index contributed by atoms with van der Waals surface area (Å²) < 4.78 is 0. The predicted molar refractivity (Wildman–Crippen MR) is 336 cm³/mol. The maximum atomic E-state index is 4.78. The number of fused-ring (bicyclic) bond motifs is 8. The van der Waals surface area contributed by atoms with Crippen molar-refractivity contribution in [1.29, 1.82) is 0 Å². The zero-order valence-electron chi connectivity index (χ0n) is 51.2. The number of aromatic nitrogens is 8. The van der Waals surface area contributed by atoms with Gasteiger partial charge in [-0.25, -0.2) is 19.9 Å². The maximum Gasteiger partial charge on any atom is 0.143 e. The van der Waals surface area contributed by atoms with Crippen LogP contribution in [0.3, 0.4) is 0 Å². The van der Waals surface area contributed by atoms with Crippen LogP contribution in [-0.4, -0.2) is 44.2 Å². The minimum atomic E-state index is -0.698. The average molecular weight is 1490 g/mol. The third-order valence-electron chi connectivity index (χ3n) is 17.3. The van der Waals surface area contributed by atoms with E-state index in [0.29, 0.717) is 0 Å². The minimum absolute atomic E-state index is 0. The zero-order chi connectivity index (χ0) is 58.9. The van der Waals surface area contributed by atoms with E-state index in [2.05, 4.69) is 256 Å². The molecule has 14 rings (SSSR count). The van der Waals surface area contributed by atoms with Crippen LogP contribution < -0.4 is 29.8 Å². The Balaban J connectivity index is 0.000000175. The van der Waals surface area contributed by atoms with E-state index in [0.717, 1.165) is 57.2 Å². The van der Waals surface area contributed by atoms with Crippen molar-refractivity contribution in [3.05, 3.63) is 251 Å². The van der Waals surface area contributed by atoms with Gasteiger partial charge in [-0.15, -0.1) is 35.8 Å². The summed E-state index contributed by atoms with van der Waals surface area (Å²) in [5.74, 6) is 3.20.